The normalized spacial score (nSPS) is 10.5. The molecule has 0 saturated heterocycles. The number of hydrogen-bond donors (Lipinski definition) is 1. The minimum absolute atomic E-state index is 0.112. The number of halogens is 1. The zero-order valence-electron chi connectivity index (χ0n) is 15.7. The van der Waals surface area contributed by atoms with E-state index in [1.165, 1.54) is 12.1 Å². The van der Waals surface area contributed by atoms with Crippen molar-refractivity contribution >= 4 is 5.91 Å². The summed E-state index contributed by atoms with van der Waals surface area (Å²) in [6, 6.07) is 13.1. The van der Waals surface area contributed by atoms with Gasteiger partial charge in [0.15, 0.2) is 18.1 Å². The second-order valence-electron chi connectivity index (χ2n) is 6.07. The van der Waals surface area contributed by atoms with Crippen LogP contribution in [0.1, 0.15) is 11.5 Å². The number of nitrogens with one attached hydrogen (secondary N) is 1. The van der Waals surface area contributed by atoms with Crippen LogP contribution in [-0.4, -0.2) is 31.2 Å². The predicted octanol–water partition coefficient (Wildman–Crippen LogP) is 3.54. The maximum atomic E-state index is 13.0. The largest absolute Gasteiger partial charge is 0.493 e. The molecular weight excluding hydrogens is 363 g/mol. The van der Waals surface area contributed by atoms with Gasteiger partial charge < -0.3 is 19.2 Å². The van der Waals surface area contributed by atoms with Crippen molar-refractivity contribution in [3.8, 4) is 23.0 Å². The number of benzene rings is 2. The molecule has 0 aliphatic rings. The van der Waals surface area contributed by atoms with E-state index < -0.39 is 0 Å². The Morgan fingerprint density at radius 3 is 2.57 bits per heavy atom. The summed E-state index contributed by atoms with van der Waals surface area (Å²) >= 11 is 0. The molecule has 0 fully saturated rings. The molecule has 0 aliphatic carbocycles. The second-order valence-corrected chi connectivity index (χ2v) is 6.07. The van der Waals surface area contributed by atoms with Crippen molar-refractivity contribution < 1.29 is 23.1 Å². The van der Waals surface area contributed by atoms with Gasteiger partial charge in [-0.2, -0.15) is 0 Å². The Hall–Kier alpha value is -3.35. The number of methoxy groups -OCH3 is 1. The van der Waals surface area contributed by atoms with E-state index in [-0.39, 0.29) is 18.3 Å². The molecule has 0 spiro atoms. The Kier molecular flexibility index (Phi) is 6.26. The van der Waals surface area contributed by atoms with Crippen LogP contribution in [-0.2, 0) is 11.2 Å². The number of aryl methyl sites for hydroxylation is 1. The first-order chi connectivity index (χ1) is 13.6. The molecule has 1 N–H and O–H groups in total. The highest BCUT2D eigenvalue weighted by Gasteiger charge is 2.12. The predicted molar refractivity (Wildman–Crippen MR) is 102 cm³/mol. The van der Waals surface area contributed by atoms with Crippen molar-refractivity contribution in [1.82, 2.24) is 10.3 Å². The first-order valence-corrected chi connectivity index (χ1v) is 8.81. The van der Waals surface area contributed by atoms with Crippen LogP contribution in [0, 0.1) is 12.7 Å². The number of carbonyl (C=O) groups is 1. The summed E-state index contributed by atoms with van der Waals surface area (Å²) in [6.07, 6.45) is 0.511. The molecule has 3 aromatic rings. The number of hydrogen-bond acceptors (Lipinski definition) is 5. The number of aromatic nitrogens is 1. The van der Waals surface area contributed by atoms with Crippen LogP contribution in [0.5, 0.6) is 11.5 Å². The average molecular weight is 384 g/mol. The fourth-order valence-corrected chi connectivity index (χ4v) is 2.63. The Bertz CT molecular complexity index is 938. The maximum Gasteiger partial charge on any atom is 0.257 e. The molecule has 0 bridgehead atoms. The minimum Gasteiger partial charge on any atom is -0.493 e. The molecule has 0 saturated carbocycles. The molecule has 2 aromatic carbocycles. The van der Waals surface area contributed by atoms with Gasteiger partial charge in [-0.25, -0.2) is 9.37 Å². The van der Waals surface area contributed by atoms with Gasteiger partial charge in [0.05, 0.1) is 12.8 Å². The van der Waals surface area contributed by atoms with Gasteiger partial charge in [0, 0.05) is 18.5 Å². The van der Waals surface area contributed by atoms with E-state index >= 15 is 0 Å². The summed E-state index contributed by atoms with van der Waals surface area (Å²) in [7, 11) is 1.54. The number of carbonyl (C=O) groups excluding carboxylic acids is 1. The third kappa shape index (κ3) is 4.88. The van der Waals surface area contributed by atoms with Gasteiger partial charge in [0.25, 0.3) is 5.91 Å². The molecule has 1 aromatic heterocycles. The van der Waals surface area contributed by atoms with Gasteiger partial charge in [-0.1, -0.05) is 12.1 Å². The van der Waals surface area contributed by atoms with Crippen LogP contribution in [0.3, 0.4) is 0 Å². The van der Waals surface area contributed by atoms with E-state index in [4.69, 9.17) is 13.9 Å². The van der Waals surface area contributed by atoms with Gasteiger partial charge in [-0.05, 0) is 43.3 Å². The first kappa shape index (κ1) is 19.4. The van der Waals surface area contributed by atoms with Crippen LogP contribution < -0.4 is 14.8 Å². The summed E-state index contributed by atoms with van der Waals surface area (Å²) < 4.78 is 29.3. The molecule has 28 heavy (non-hydrogen) atoms. The summed E-state index contributed by atoms with van der Waals surface area (Å²) in [5.41, 5.74) is 1.44. The van der Waals surface area contributed by atoms with Crippen LogP contribution in [0.4, 0.5) is 4.39 Å². The highest BCUT2D eigenvalue weighted by Crippen LogP contribution is 2.25. The highest BCUT2D eigenvalue weighted by molar-refractivity contribution is 5.77. The van der Waals surface area contributed by atoms with Crippen molar-refractivity contribution in [1.29, 1.82) is 0 Å². The van der Waals surface area contributed by atoms with Crippen LogP contribution in [0.2, 0.25) is 0 Å². The minimum atomic E-state index is -0.315. The van der Waals surface area contributed by atoms with Gasteiger partial charge in [-0.3, -0.25) is 4.79 Å². The van der Waals surface area contributed by atoms with Crippen molar-refractivity contribution in [3.05, 3.63) is 65.8 Å². The van der Waals surface area contributed by atoms with E-state index in [2.05, 4.69) is 10.3 Å². The maximum absolute atomic E-state index is 13.0. The molecule has 0 aliphatic heterocycles. The third-order valence-corrected chi connectivity index (χ3v) is 4.10. The Morgan fingerprint density at radius 2 is 1.86 bits per heavy atom. The molecule has 7 heteroatoms. The number of oxazole rings is 1. The lowest BCUT2D eigenvalue weighted by Crippen LogP contribution is -2.30. The van der Waals surface area contributed by atoms with E-state index in [1.807, 2.05) is 19.1 Å². The molecule has 146 valence electrons. The number of amides is 1. The zero-order chi connectivity index (χ0) is 19.9. The highest BCUT2D eigenvalue weighted by atomic mass is 19.1. The van der Waals surface area contributed by atoms with Crippen molar-refractivity contribution in [2.45, 2.75) is 13.3 Å². The van der Waals surface area contributed by atoms with Crippen LogP contribution in [0.15, 0.2) is 52.9 Å². The Morgan fingerprint density at radius 1 is 1.14 bits per heavy atom. The summed E-state index contributed by atoms with van der Waals surface area (Å²) in [5, 5.41) is 2.79. The first-order valence-electron chi connectivity index (χ1n) is 8.81. The Balaban J connectivity index is 1.49. The summed E-state index contributed by atoms with van der Waals surface area (Å²) in [6.45, 7) is 2.09. The molecule has 0 atom stereocenters. The molecule has 0 radical (unpaired) electrons. The van der Waals surface area contributed by atoms with Crippen molar-refractivity contribution in [2.24, 2.45) is 0 Å². The molecule has 6 nitrogen and oxygen atoms in total. The molecule has 1 heterocycles. The number of para-hydroxylation sites is 2. The summed E-state index contributed by atoms with van der Waals surface area (Å²) in [4.78, 5) is 16.4. The standard InChI is InChI=1S/C21H21FN2O4/c1-14-17(24-21(28-14)15-7-9-16(22)10-8-15)11-12-23-20(25)13-27-19-6-4-3-5-18(19)26-2/h3-10H,11-13H2,1-2H3,(H,23,25). The van der Waals surface area contributed by atoms with Crippen LogP contribution >= 0.6 is 0 Å². The van der Waals surface area contributed by atoms with E-state index in [9.17, 15) is 9.18 Å². The number of nitrogens with zero attached hydrogens (tertiary/aromatic N) is 1. The average Bonchev–Trinajstić information content (AvgIpc) is 3.07. The molecular formula is C21H21FN2O4. The lowest BCUT2D eigenvalue weighted by Gasteiger charge is -2.10. The van der Waals surface area contributed by atoms with Gasteiger partial charge >= 0.3 is 0 Å². The smallest absolute Gasteiger partial charge is 0.257 e. The van der Waals surface area contributed by atoms with Crippen LogP contribution in [0.25, 0.3) is 11.5 Å². The fourth-order valence-electron chi connectivity index (χ4n) is 2.63. The summed E-state index contributed by atoms with van der Waals surface area (Å²) in [5.74, 6) is 1.62. The lowest BCUT2D eigenvalue weighted by atomic mass is 10.2. The molecule has 1 amide bonds. The third-order valence-electron chi connectivity index (χ3n) is 4.10. The van der Waals surface area contributed by atoms with Gasteiger partial charge in [-0.15, -0.1) is 0 Å². The number of ether oxygens (including phenoxy) is 2. The van der Waals surface area contributed by atoms with Gasteiger partial charge in [0.1, 0.15) is 11.6 Å². The topological polar surface area (TPSA) is 73.6 Å². The monoisotopic (exact) mass is 384 g/mol. The molecule has 0 unspecified atom stereocenters. The second kappa shape index (κ2) is 9.03. The van der Waals surface area contributed by atoms with Crippen molar-refractivity contribution in [3.63, 3.8) is 0 Å². The van der Waals surface area contributed by atoms with Crippen molar-refractivity contribution in [2.75, 3.05) is 20.3 Å². The quantitative estimate of drug-likeness (QED) is 0.643. The SMILES string of the molecule is COc1ccccc1OCC(=O)NCCc1nc(-c2ccc(F)cc2)oc1C. The van der Waals surface area contributed by atoms with E-state index in [0.29, 0.717) is 41.7 Å². The lowest BCUT2D eigenvalue weighted by molar-refractivity contribution is -0.123. The fraction of sp³-hybridized carbons (Fsp3) is 0.238. The zero-order valence-corrected chi connectivity index (χ0v) is 15.7. The molecule has 3 rings (SSSR count). The number of rotatable bonds is 8. The van der Waals surface area contributed by atoms with E-state index in [1.54, 1.807) is 31.4 Å². The Labute approximate surface area is 162 Å². The van der Waals surface area contributed by atoms with Gasteiger partial charge in [0.2, 0.25) is 5.89 Å². The van der Waals surface area contributed by atoms with E-state index in [0.717, 1.165) is 5.69 Å².